The summed E-state index contributed by atoms with van der Waals surface area (Å²) in [4.78, 5) is 35.2. The maximum atomic E-state index is 13.2. The topological polar surface area (TPSA) is 110 Å². The Morgan fingerprint density at radius 2 is 1.75 bits per heavy atom. The zero-order valence-electron chi connectivity index (χ0n) is 15.3. The molecule has 0 atom stereocenters. The van der Waals surface area contributed by atoms with Crippen LogP contribution in [0, 0.1) is 6.92 Å². The van der Waals surface area contributed by atoms with E-state index in [-0.39, 0.29) is 22.6 Å². The molecule has 0 aliphatic carbocycles. The van der Waals surface area contributed by atoms with Crippen LogP contribution < -0.4 is 5.32 Å². The number of amides is 2. The highest BCUT2D eigenvalue weighted by molar-refractivity contribution is 7.89. The minimum atomic E-state index is -4.14. The summed E-state index contributed by atoms with van der Waals surface area (Å²) < 4.78 is 32.0. The molecule has 0 unspecified atom stereocenters. The fourth-order valence-corrected chi connectivity index (χ4v) is 4.26. The summed E-state index contributed by atoms with van der Waals surface area (Å²) in [6.07, 6.45) is 0. The van der Waals surface area contributed by atoms with Gasteiger partial charge in [-0.05, 0) is 36.2 Å². The average Bonchev–Trinajstić information content (AvgIpc) is 2.96. The Bertz CT molecular complexity index is 1080. The molecular weight excluding hydrogens is 384 g/mol. The van der Waals surface area contributed by atoms with Crippen molar-refractivity contribution in [3.8, 4) is 0 Å². The van der Waals surface area contributed by atoms with E-state index in [4.69, 9.17) is 0 Å². The molecular formula is C19H18N2O6S. The first-order valence-electron chi connectivity index (χ1n) is 8.35. The Labute approximate surface area is 162 Å². The van der Waals surface area contributed by atoms with E-state index < -0.39 is 34.4 Å². The zero-order chi connectivity index (χ0) is 20.5. The molecule has 0 spiro atoms. The van der Waals surface area contributed by atoms with Crippen LogP contribution in [0.4, 0.5) is 0 Å². The van der Waals surface area contributed by atoms with Crippen LogP contribution in [0.25, 0.3) is 0 Å². The van der Waals surface area contributed by atoms with Crippen molar-refractivity contribution in [1.82, 2.24) is 9.62 Å². The second-order valence-corrected chi connectivity index (χ2v) is 8.20. The summed E-state index contributed by atoms with van der Waals surface area (Å²) in [6, 6.07) is 10.9. The van der Waals surface area contributed by atoms with Crippen LogP contribution in [0.1, 0.15) is 31.8 Å². The van der Waals surface area contributed by atoms with E-state index in [2.05, 4.69) is 10.1 Å². The largest absolute Gasteiger partial charge is 0.468 e. The third-order valence-electron chi connectivity index (χ3n) is 4.49. The second kappa shape index (κ2) is 7.53. The van der Waals surface area contributed by atoms with Crippen molar-refractivity contribution < 1.29 is 27.5 Å². The number of nitrogens with one attached hydrogen (secondary N) is 1. The fraction of sp³-hybridized carbons (Fsp3) is 0.211. The van der Waals surface area contributed by atoms with Gasteiger partial charge in [-0.25, -0.2) is 8.42 Å². The number of methoxy groups -OCH3 is 1. The van der Waals surface area contributed by atoms with Crippen LogP contribution in [0.15, 0.2) is 47.4 Å². The number of fused-ring (bicyclic) bond motifs is 1. The molecule has 3 rings (SSSR count). The van der Waals surface area contributed by atoms with E-state index in [0.717, 1.165) is 21.5 Å². The number of hydrogen-bond acceptors (Lipinski definition) is 6. The van der Waals surface area contributed by atoms with Gasteiger partial charge in [-0.1, -0.05) is 24.3 Å². The van der Waals surface area contributed by atoms with Gasteiger partial charge in [0.05, 0.1) is 23.1 Å². The maximum Gasteiger partial charge on any atom is 0.321 e. The number of hydrogen-bond donors (Lipinski definition) is 1. The van der Waals surface area contributed by atoms with Crippen molar-refractivity contribution in [2.45, 2.75) is 18.4 Å². The number of rotatable bonds is 6. The van der Waals surface area contributed by atoms with Crippen LogP contribution in [0.5, 0.6) is 0 Å². The number of esters is 1. The maximum absolute atomic E-state index is 13.2. The highest BCUT2D eigenvalue weighted by Crippen LogP contribution is 2.24. The quantitative estimate of drug-likeness (QED) is 0.575. The molecule has 0 fully saturated rings. The normalized spacial score (nSPS) is 13.4. The van der Waals surface area contributed by atoms with E-state index in [1.807, 2.05) is 19.1 Å². The molecule has 28 heavy (non-hydrogen) atoms. The van der Waals surface area contributed by atoms with Crippen LogP contribution in [0.2, 0.25) is 0 Å². The summed E-state index contributed by atoms with van der Waals surface area (Å²) in [5, 5.41) is 2.12. The number of aryl methyl sites for hydroxylation is 1. The molecule has 2 aromatic rings. The van der Waals surface area contributed by atoms with Crippen molar-refractivity contribution in [1.29, 1.82) is 0 Å². The third kappa shape index (κ3) is 3.67. The highest BCUT2D eigenvalue weighted by atomic mass is 32.2. The molecule has 0 bridgehead atoms. The van der Waals surface area contributed by atoms with Crippen molar-refractivity contribution in [2.75, 3.05) is 13.7 Å². The van der Waals surface area contributed by atoms with Gasteiger partial charge >= 0.3 is 5.97 Å². The van der Waals surface area contributed by atoms with Gasteiger partial charge in [0, 0.05) is 6.54 Å². The Balaban J connectivity index is 2.02. The molecule has 1 heterocycles. The van der Waals surface area contributed by atoms with Gasteiger partial charge in [-0.3, -0.25) is 19.7 Å². The first kappa shape index (κ1) is 19.7. The molecule has 0 saturated carbocycles. The lowest BCUT2D eigenvalue weighted by molar-refractivity contribution is -0.140. The summed E-state index contributed by atoms with van der Waals surface area (Å²) >= 11 is 0. The average molecular weight is 402 g/mol. The predicted molar refractivity (Wildman–Crippen MR) is 99.0 cm³/mol. The van der Waals surface area contributed by atoms with Crippen molar-refractivity contribution in [3.05, 3.63) is 64.7 Å². The molecule has 9 heteroatoms. The molecule has 0 saturated heterocycles. The number of carbonyl (C=O) groups is 3. The molecule has 2 amide bonds. The number of benzene rings is 2. The van der Waals surface area contributed by atoms with Crippen molar-refractivity contribution in [3.63, 3.8) is 0 Å². The van der Waals surface area contributed by atoms with E-state index in [1.54, 1.807) is 12.1 Å². The molecule has 0 aromatic heterocycles. The SMILES string of the molecule is COC(=O)CN(Cc1ccccc1C)S(=O)(=O)c1ccc2c(c1)C(=O)NC2=O. The monoisotopic (exact) mass is 402 g/mol. The number of imide groups is 1. The van der Waals surface area contributed by atoms with Crippen LogP contribution in [0.3, 0.4) is 0 Å². The van der Waals surface area contributed by atoms with Gasteiger partial charge in [0.1, 0.15) is 6.54 Å². The first-order chi connectivity index (χ1) is 13.2. The van der Waals surface area contributed by atoms with Gasteiger partial charge in [0.2, 0.25) is 10.0 Å². The summed E-state index contributed by atoms with van der Waals surface area (Å²) in [5.74, 6) is -1.95. The Morgan fingerprint density at radius 3 is 2.43 bits per heavy atom. The molecule has 2 aromatic carbocycles. The first-order valence-corrected chi connectivity index (χ1v) is 9.79. The highest BCUT2D eigenvalue weighted by Gasteiger charge is 2.32. The molecule has 1 N–H and O–H groups in total. The predicted octanol–water partition coefficient (Wildman–Crippen LogP) is 1.24. The molecule has 1 aliphatic heterocycles. The zero-order valence-corrected chi connectivity index (χ0v) is 16.1. The molecule has 1 aliphatic rings. The van der Waals surface area contributed by atoms with E-state index in [9.17, 15) is 22.8 Å². The smallest absolute Gasteiger partial charge is 0.321 e. The molecule has 0 radical (unpaired) electrons. The summed E-state index contributed by atoms with van der Waals surface area (Å²) in [7, 11) is -2.97. The van der Waals surface area contributed by atoms with Gasteiger partial charge in [-0.2, -0.15) is 4.31 Å². The lowest BCUT2D eigenvalue weighted by Crippen LogP contribution is -2.36. The van der Waals surface area contributed by atoms with Gasteiger partial charge in [0.25, 0.3) is 11.8 Å². The standard InChI is InChI=1S/C19H18N2O6S/c1-12-5-3-4-6-13(12)10-21(11-17(22)27-2)28(25,26)14-7-8-15-16(9-14)19(24)20-18(15)23/h3-9H,10-11H2,1-2H3,(H,20,23,24). The van der Waals surface area contributed by atoms with Crippen LogP contribution in [-0.2, 0) is 26.1 Å². The Kier molecular flexibility index (Phi) is 5.30. The number of ether oxygens (including phenoxy) is 1. The Morgan fingerprint density at radius 1 is 1.07 bits per heavy atom. The Hall–Kier alpha value is -3.04. The third-order valence-corrected chi connectivity index (χ3v) is 6.27. The lowest BCUT2D eigenvalue weighted by atomic mass is 10.1. The second-order valence-electron chi connectivity index (χ2n) is 6.27. The van der Waals surface area contributed by atoms with Crippen molar-refractivity contribution >= 4 is 27.8 Å². The van der Waals surface area contributed by atoms with Gasteiger partial charge < -0.3 is 4.74 Å². The number of nitrogens with zero attached hydrogens (tertiary/aromatic N) is 1. The van der Waals surface area contributed by atoms with E-state index in [0.29, 0.717) is 0 Å². The fourth-order valence-electron chi connectivity index (χ4n) is 2.87. The van der Waals surface area contributed by atoms with E-state index >= 15 is 0 Å². The minimum absolute atomic E-state index is 0.0139. The van der Waals surface area contributed by atoms with Crippen LogP contribution >= 0.6 is 0 Å². The molecule has 146 valence electrons. The minimum Gasteiger partial charge on any atom is -0.468 e. The number of carbonyl (C=O) groups excluding carboxylic acids is 3. The van der Waals surface area contributed by atoms with Gasteiger partial charge in [0.15, 0.2) is 0 Å². The van der Waals surface area contributed by atoms with Crippen molar-refractivity contribution in [2.24, 2.45) is 0 Å². The van der Waals surface area contributed by atoms with Gasteiger partial charge in [-0.15, -0.1) is 0 Å². The summed E-state index contributed by atoms with van der Waals surface area (Å²) in [5.41, 5.74) is 1.69. The lowest BCUT2D eigenvalue weighted by Gasteiger charge is -2.22. The number of sulfonamides is 1. The van der Waals surface area contributed by atoms with E-state index in [1.165, 1.54) is 19.2 Å². The van der Waals surface area contributed by atoms with Crippen LogP contribution in [-0.4, -0.2) is 44.2 Å². The summed E-state index contributed by atoms with van der Waals surface area (Å²) in [6.45, 7) is 1.30. The molecule has 8 nitrogen and oxygen atoms in total.